The van der Waals surface area contributed by atoms with Crippen molar-refractivity contribution in [2.75, 3.05) is 27.9 Å². The Kier molecular flexibility index (Phi) is 7.02. The molecule has 0 atom stereocenters. The number of rotatable bonds is 8. The Hall–Kier alpha value is -2.43. The van der Waals surface area contributed by atoms with E-state index in [0.717, 1.165) is 11.1 Å². The van der Waals surface area contributed by atoms with Gasteiger partial charge in [-0.25, -0.2) is 4.79 Å². The van der Waals surface area contributed by atoms with E-state index in [1.165, 1.54) is 27.4 Å². The molecule has 0 aliphatic rings. The van der Waals surface area contributed by atoms with Crippen molar-refractivity contribution < 1.29 is 23.7 Å². The fourth-order valence-electron chi connectivity index (χ4n) is 1.74. The lowest BCUT2D eigenvalue weighted by molar-refractivity contribution is -0.137. The van der Waals surface area contributed by atoms with E-state index in [9.17, 15) is 4.79 Å². The topological polar surface area (TPSA) is 54.0 Å². The van der Waals surface area contributed by atoms with Crippen LogP contribution < -0.4 is 14.2 Å². The van der Waals surface area contributed by atoms with E-state index in [-0.39, 0.29) is 0 Å². The van der Waals surface area contributed by atoms with E-state index in [0.29, 0.717) is 30.3 Å². The number of methoxy groups -OCH3 is 3. The second-order valence-corrected chi connectivity index (χ2v) is 4.67. The van der Waals surface area contributed by atoms with Gasteiger partial charge in [0.05, 0.1) is 27.9 Å². The van der Waals surface area contributed by atoms with Gasteiger partial charge in [-0.2, -0.15) is 0 Å². The number of carbonyl (C=O) groups excluding carboxylic acids is 1. The van der Waals surface area contributed by atoms with Gasteiger partial charge in [0, 0.05) is 12.5 Å². The first-order valence-corrected chi connectivity index (χ1v) is 6.81. The average molecular weight is 306 g/mol. The highest BCUT2D eigenvalue weighted by molar-refractivity contribution is 5.87. The summed E-state index contributed by atoms with van der Waals surface area (Å²) in [5.74, 6) is 1.15. The maximum Gasteiger partial charge on any atom is 0.330 e. The lowest BCUT2D eigenvalue weighted by atomic mass is 10.1. The van der Waals surface area contributed by atoms with Gasteiger partial charge in [0.25, 0.3) is 0 Å². The Bertz CT molecular complexity index is 535. The van der Waals surface area contributed by atoms with Crippen LogP contribution in [0.3, 0.4) is 0 Å². The summed E-state index contributed by atoms with van der Waals surface area (Å²) in [6.07, 6.45) is 3.65. The van der Waals surface area contributed by atoms with Crippen LogP contribution in [0.15, 0.2) is 30.4 Å². The summed E-state index contributed by atoms with van der Waals surface area (Å²) in [7, 11) is 4.61. The first-order chi connectivity index (χ1) is 10.5. The first kappa shape index (κ1) is 17.6. The molecule has 0 heterocycles. The van der Waals surface area contributed by atoms with Crippen LogP contribution in [-0.4, -0.2) is 33.9 Å². The number of ether oxygens (including phenoxy) is 4. The van der Waals surface area contributed by atoms with Crippen molar-refractivity contribution in [2.45, 2.75) is 13.3 Å². The van der Waals surface area contributed by atoms with Gasteiger partial charge in [-0.3, -0.25) is 0 Å². The van der Waals surface area contributed by atoms with Crippen LogP contribution in [0.4, 0.5) is 0 Å². The molecule has 5 nitrogen and oxygen atoms in total. The fourth-order valence-corrected chi connectivity index (χ4v) is 1.74. The number of benzene rings is 1. The van der Waals surface area contributed by atoms with Crippen LogP contribution in [0, 0.1) is 0 Å². The van der Waals surface area contributed by atoms with Crippen LogP contribution in [0.1, 0.15) is 18.9 Å². The van der Waals surface area contributed by atoms with Gasteiger partial charge in [-0.15, -0.1) is 6.58 Å². The van der Waals surface area contributed by atoms with Crippen LogP contribution in [-0.2, 0) is 9.53 Å². The van der Waals surface area contributed by atoms with Crippen molar-refractivity contribution in [1.82, 2.24) is 0 Å². The third-order valence-electron chi connectivity index (χ3n) is 2.87. The van der Waals surface area contributed by atoms with Crippen molar-refractivity contribution in [2.24, 2.45) is 0 Å². The summed E-state index contributed by atoms with van der Waals surface area (Å²) >= 11 is 0. The van der Waals surface area contributed by atoms with Crippen LogP contribution >= 0.6 is 0 Å². The summed E-state index contributed by atoms with van der Waals surface area (Å²) in [5.41, 5.74) is 1.72. The minimum absolute atomic E-state index is 0.327. The molecule has 0 amide bonds. The third-order valence-corrected chi connectivity index (χ3v) is 2.87. The molecule has 1 aromatic rings. The normalized spacial score (nSPS) is 10.4. The quantitative estimate of drug-likeness (QED) is 0.419. The van der Waals surface area contributed by atoms with Crippen LogP contribution in [0.2, 0.25) is 0 Å². The molecule has 0 unspecified atom stereocenters. The largest absolute Gasteiger partial charge is 0.493 e. The van der Waals surface area contributed by atoms with Gasteiger partial charge in [-0.1, -0.05) is 5.57 Å². The summed E-state index contributed by atoms with van der Waals surface area (Å²) in [4.78, 5) is 11.6. The number of hydrogen-bond acceptors (Lipinski definition) is 5. The predicted molar refractivity (Wildman–Crippen MR) is 85.5 cm³/mol. The number of hydrogen-bond donors (Lipinski definition) is 0. The molecule has 0 aliphatic heterocycles. The van der Waals surface area contributed by atoms with E-state index in [1.807, 2.05) is 6.92 Å². The monoisotopic (exact) mass is 306 g/mol. The highest BCUT2D eigenvalue weighted by atomic mass is 16.5. The Balaban J connectivity index is 2.82. The molecular formula is C17H22O5. The molecule has 0 N–H and O–H groups in total. The zero-order valence-corrected chi connectivity index (χ0v) is 13.5. The molecule has 0 fully saturated rings. The van der Waals surface area contributed by atoms with Crippen molar-refractivity contribution in [1.29, 1.82) is 0 Å². The molecular weight excluding hydrogens is 284 g/mol. The lowest BCUT2D eigenvalue weighted by Gasteiger charge is -2.12. The fraction of sp³-hybridized carbons (Fsp3) is 0.353. The smallest absolute Gasteiger partial charge is 0.330 e. The standard InChI is InChI=1S/C17H22O5/c1-12(2)8-9-22-16(18)7-6-13-10-14(19-3)17(21-5)15(11-13)20-4/h6-7,10-11H,1,8-9H2,2-5H3. The molecule has 1 rings (SSSR count). The van der Waals surface area contributed by atoms with Crippen molar-refractivity contribution in [3.05, 3.63) is 35.9 Å². The highest BCUT2D eigenvalue weighted by Gasteiger charge is 2.12. The van der Waals surface area contributed by atoms with E-state index in [4.69, 9.17) is 18.9 Å². The minimum Gasteiger partial charge on any atom is -0.493 e. The van der Waals surface area contributed by atoms with Gasteiger partial charge in [0.15, 0.2) is 11.5 Å². The van der Waals surface area contributed by atoms with Crippen LogP contribution in [0.5, 0.6) is 17.2 Å². The van der Waals surface area contributed by atoms with Crippen molar-refractivity contribution in [3.63, 3.8) is 0 Å². The molecule has 1 aromatic carbocycles. The van der Waals surface area contributed by atoms with Crippen LogP contribution in [0.25, 0.3) is 6.08 Å². The van der Waals surface area contributed by atoms with Gasteiger partial charge < -0.3 is 18.9 Å². The number of esters is 1. The molecule has 0 radical (unpaired) electrons. The average Bonchev–Trinajstić information content (AvgIpc) is 2.51. The Morgan fingerprint density at radius 1 is 1.14 bits per heavy atom. The van der Waals surface area contributed by atoms with E-state index in [1.54, 1.807) is 18.2 Å². The SMILES string of the molecule is C=C(C)CCOC(=O)C=Cc1cc(OC)c(OC)c(OC)c1. The van der Waals surface area contributed by atoms with E-state index in [2.05, 4.69) is 6.58 Å². The maximum atomic E-state index is 11.6. The minimum atomic E-state index is -0.407. The summed E-state index contributed by atoms with van der Waals surface area (Å²) in [5, 5.41) is 0. The molecule has 22 heavy (non-hydrogen) atoms. The molecule has 0 aliphatic carbocycles. The van der Waals surface area contributed by atoms with Crippen molar-refractivity contribution in [3.8, 4) is 17.2 Å². The lowest BCUT2D eigenvalue weighted by Crippen LogP contribution is -2.02. The second kappa shape index (κ2) is 8.77. The molecule has 0 bridgehead atoms. The second-order valence-electron chi connectivity index (χ2n) is 4.67. The molecule has 120 valence electrons. The summed E-state index contributed by atoms with van der Waals surface area (Å²) in [6.45, 7) is 5.97. The highest BCUT2D eigenvalue weighted by Crippen LogP contribution is 2.38. The third kappa shape index (κ3) is 5.16. The van der Waals surface area contributed by atoms with E-state index >= 15 is 0 Å². The van der Waals surface area contributed by atoms with Gasteiger partial charge >= 0.3 is 5.97 Å². The van der Waals surface area contributed by atoms with Gasteiger partial charge in [0.2, 0.25) is 5.75 Å². The first-order valence-electron chi connectivity index (χ1n) is 6.81. The molecule has 5 heteroatoms. The molecule has 0 aromatic heterocycles. The number of carbonyl (C=O) groups is 1. The van der Waals surface area contributed by atoms with E-state index < -0.39 is 5.97 Å². The molecule has 0 saturated heterocycles. The Labute approximate surface area is 131 Å². The Morgan fingerprint density at radius 3 is 2.18 bits per heavy atom. The zero-order chi connectivity index (χ0) is 16.5. The zero-order valence-electron chi connectivity index (χ0n) is 13.5. The molecule has 0 saturated carbocycles. The predicted octanol–water partition coefficient (Wildman–Crippen LogP) is 3.24. The summed E-state index contributed by atoms with van der Waals surface area (Å²) in [6, 6.07) is 3.50. The molecule has 0 spiro atoms. The van der Waals surface area contributed by atoms with Gasteiger partial charge in [0.1, 0.15) is 0 Å². The van der Waals surface area contributed by atoms with Gasteiger partial charge in [-0.05, 0) is 30.7 Å². The van der Waals surface area contributed by atoms with Crippen molar-refractivity contribution >= 4 is 12.0 Å². The maximum absolute atomic E-state index is 11.6. The summed E-state index contributed by atoms with van der Waals surface area (Å²) < 4.78 is 20.8. The Morgan fingerprint density at radius 2 is 1.73 bits per heavy atom.